The van der Waals surface area contributed by atoms with E-state index in [1.807, 2.05) is 31.2 Å². The van der Waals surface area contributed by atoms with E-state index in [1.165, 1.54) is 12.1 Å². The largest absolute Gasteiger partial charge is 0.489 e. The van der Waals surface area contributed by atoms with Crippen LogP contribution in [0.4, 0.5) is 4.39 Å². The van der Waals surface area contributed by atoms with Crippen molar-refractivity contribution in [3.63, 3.8) is 0 Å². The summed E-state index contributed by atoms with van der Waals surface area (Å²) in [6.07, 6.45) is 0. The highest BCUT2D eigenvalue weighted by molar-refractivity contribution is 9.10. The molecule has 3 heteroatoms. The van der Waals surface area contributed by atoms with Gasteiger partial charge in [0.25, 0.3) is 0 Å². The van der Waals surface area contributed by atoms with Crippen molar-refractivity contribution < 1.29 is 9.13 Å². The van der Waals surface area contributed by atoms with Gasteiger partial charge < -0.3 is 4.74 Å². The van der Waals surface area contributed by atoms with Crippen molar-refractivity contribution >= 4 is 15.9 Å². The number of hydrogen-bond acceptors (Lipinski definition) is 1. The van der Waals surface area contributed by atoms with E-state index in [9.17, 15) is 4.39 Å². The van der Waals surface area contributed by atoms with Gasteiger partial charge in [0.05, 0.1) is 0 Å². The minimum atomic E-state index is -0.239. The molecule has 2 aromatic carbocycles. The predicted octanol–water partition coefficient (Wildman–Crippen LogP) is 4.48. The lowest BCUT2D eigenvalue weighted by Crippen LogP contribution is -1.97. The maximum Gasteiger partial charge on any atom is 0.123 e. The molecule has 0 unspecified atom stereocenters. The molecule has 2 rings (SSSR count). The Bertz CT molecular complexity index is 525. The fourth-order valence-electron chi connectivity index (χ4n) is 1.56. The highest BCUT2D eigenvalue weighted by Gasteiger charge is 2.01. The van der Waals surface area contributed by atoms with Crippen molar-refractivity contribution in [2.75, 3.05) is 0 Å². The Labute approximate surface area is 108 Å². The first-order chi connectivity index (χ1) is 8.15. The third kappa shape index (κ3) is 3.30. The first-order valence-corrected chi connectivity index (χ1v) is 6.08. The molecule has 0 radical (unpaired) electrons. The molecule has 88 valence electrons. The van der Waals surface area contributed by atoms with Crippen LogP contribution in [0.25, 0.3) is 0 Å². The maximum absolute atomic E-state index is 12.9. The van der Waals surface area contributed by atoms with Gasteiger partial charge in [-0.1, -0.05) is 28.1 Å². The average molecular weight is 295 g/mol. The van der Waals surface area contributed by atoms with Crippen LogP contribution in [0.3, 0.4) is 0 Å². The van der Waals surface area contributed by atoms with Crippen LogP contribution in [0.15, 0.2) is 46.9 Å². The lowest BCUT2D eigenvalue weighted by atomic mass is 10.2. The summed E-state index contributed by atoms with van der Waals surface area (Å²) in [5.41, 5.74) is 1.88. The number of benzene rings is 2. The molecule has 0 N–H and O–H groups in total. The van der Waals surface area contributed by atoms with Gasteiger partial charge in [-0.05, 0) is 48.4 Å². The van der Waals surface area contributed by atoms with Gasteiger partial charge in [-0.3, -0.25) is 0 Å². The zero-order chi connectivity index (χ0) is 12.3. The predicted molar refractivity (Wildman–Crippen MR) is 69.6 cm³/mol. The average Bonchev–Trinajstić information content (AvgIpc) is 2.28. The first kappa shape index (κ1) is 12.1. The Morgan fingerprint density at radius 1 is 1.18 bits per heavy atom. The van der Waals surface area contributed by atoms with Crippen LogP contribution >= 0.6 is 15.9 Å². The third-order valence-electron chi connectivity index (χ3n) is 2.42. The normalized spacial score (nSPS) is 10.3. The molecular weight excluding hydrogens is 283 g/mol. The van der Waals surface area contributed by atoms with Crippen molar-refractivity contribution in [3.8, 4) is 5.75 Å². The SMILES string of the molecule is Cc1cc(F)ccc1OCc1cccc(Br)c1. The van der Waals surface area contributed by atoms with Crippen molar-refractivity contribution in [2.45, 2.75) is 13.5 Å². The van der Waals surface area contributed by atoms with E-state index in [1.54, 1.807) is 6.07 Å². The molecule has 0 aliphatic rings. The van der Waals surface area contributed by atoms with Gasteiger partial charge in [0, 0.05) is 4.47 Å². The van der Waals surface area contributed by atoms with E-state index >= 15 is 0 Å². The van der Waals surface area contributed by atoms with Gasteiger partial charge >= 0.3 is 0 Å². The monoisotopic (exact) mass is 294 g/mol. The second-order valence-electron chi connectivity index (χ2n) is 3.83. The maximum atomic E-state index is 12.9. The van der Waals surface area contributed by atoms with Crippen LogP contribution in [-0.2, 0) is 6.61 Å². The summed E-state index contributed by atoms with van der Waals surface area (Å²) < 4.78 is 19.6. The number of halogens is 2. The summed E-state index contributed by atoms with van der Waals surface area (Å²) in [7, 11) is 0. The number of ether oxygens (including phenoxy) is 1. The second-order valence-corrected chi connectivity index (χ2v) is 4.74. The molecule has 2 aromatic rings. The molecule has 0 aliphatic heterocycles. The minimum Gasteiger partial charge on any atom is -0.489 e. The van der Waals surface area contributed by atoms with Crippen molar-refractivity contribution in [3.05, 3.63) is 63.9 Å². The van der Waals surface area contributed by atoms with Crippen molar-refractivity contribution in [1.29, 1.82) is 0 Å². The molecule has 0 saturated heterocycles. The third-order valence-corrected chi connectivity index (χ3v) is 2.91. The summed E-state index contributed by atoms with van der Waals surface area (Å²) in [6, 6.07) is 12.4. The molecule has 0 amide bonds. The van der Waals surface area contributed by atoms with E-state index in [4.69, 9.17) is 4.74 Å². The van der Waals surface area contributed by atoms with E-state index in [0.29, 0.717) is 12.4 Å². The highest BCUT2D eigenvalue weighted by Crippen LogP contribution is 2.20. The van der Waals surface area contributed by atoms with E-state index < -0.39 is 0 Å². The summed E-state index contributed by atoms with van der Waals surface area (Å²) in [6.45, 7) is 2.31. The van der Waals surface area contributed by atoms with Gasteiger partial charge in [-0.25, -0.2) is 4.39 Å². The Hall–Kier alpha value is -1.35. The Balaban J connectivity index is 2.07. The Morgan fingerprint density at radius 2 is 2.00 bits per heavy atom. The standard InChI is InChI=1S/C14H12BrFO/c1-10-7-13(16)5-6-14(10)17-9-11-3-2-4-12(15)8-11/h2-8H,9H2,1H3. The summed E-state index contributed by atoms with van der Waals surface area (Å²) in [5.74, 6) is 0.476. The Kier molecular flexibility index (Phi) is 3.79. The molecule has 0 aromatic heterocycles. The molecule has 0 heterocycles. The molecule has 0 atom stereocenters. The topological polar surface area (TPSA) is 9.23 Å². The van der Waals surface area contributed by atoms with Crippen LogP contribution in [0, 0.1) is 12.7 Å². The molecule has 17 heavy (non-hydrogen) atoms. The molecule has 0 saturated carbocycles. The smallest absolute Gasteiger partial charge is 0.123 e. The van der Waals surface area contributed by atoms with Crippen LogP contribution in [0.2, 0.25) is 0 Å². The quantitative estimate of drug-likeness (QED) is 0.811. The number of rotatable bonds is 3. The van der Waals surface area contributed by atoms with Crippen LogP contribution in [0.5, 0.6) is 5.75 Å². The van der Waals surface area contributed by atoms with Gasteiger partial charge in [-0.2, -0.15) is 0 Å². The zero-order valence-corrected chi connectivity index (χ0v) is 11.0. The van der Waals surface area contributed by atoms with E-state index in [0.717, 1.165) is 15.6 Å². The second kappa shape index (κ2) is 5.32. The Morgan fingerprint density at radius 3 is 2.71 bits per heavy atom. The lowest BCUT2D eigenvalue weighted by molar-refractivity contribution is 0.303. The molecule has 1 nitrogen and oxygen atoms in total. The first-order valence-electron chi connectivity index (χ1n) is 5.28. The fraction of sp³-hybridized carbons (Fsp3) is 0.143. The number of aryl methyl sites for hydroxylation is 1. The van der Waals surface area contributed by atoms with E-state index in [-0.39, 0.29) is 5.82 Å². The highest BCUT2D eigenvalue weighted by atomic mass is 79.9. The van der Waals surface area contributed by atoms with E-state index in [2.05, 4.69) is 15.9 Å². The fourth-order valence-corrected chi connectivity index (χ4v) is 2.01. The van der Waals surface area contributed by atoms with Gasteiger partial charge in [-0.15, -0.1) is 0 Å². The molecule has 0 spiro atoms. The zero-order valence-electron chi connectivity index (χ0n) is 9.41. The van der Waals surface area contributed by atoms with Gasteiger partial charge in [0.1, 0.15) is 18.2 Å². The lowest BCUT2D eigenvalue weighted by Gasteiger charge is -2.09. The van der Waals surface area contributed by atoms with Gasteiger partial charge in [0.2, 0.25) is 0 Å². The van der Waals surface area contributed by atoms with Crippen LogP contribution in [-0.4, -0.2) is 0 Å². The summed E-state index contributed by atoms with van der Waals surface area (Å²) in [5, 5.41) is 0. The molecule has 0 aliphatic carbocycles. The molecule has 0 bridgehead atoms. The molecular formula is C14H12BrFO. The molecule has 0 fully saturated rings. The van der Waals surface area contributed by atoms with Crippen molar-refractivity contribution in [2.24, 2.45) is 0 Å². The number of hydrogen-bond donors (Lipinski definition) is 0. The summed E-state index contributed by atoms with van der Waals surface area (Å²) in [4.78, 5) is 0. The van der Waals surface area contributed by atoms with Gasteiger partial charge in [0.15, 0.2) is 0 Å². The van der Waals surface area contributed by atoms with Crippen molar-refractivity contribution in [1.82, 2.24) is 0 Å². The minimum absolute atomic E-state index is 0.239. The van der Waals surface area contributed by atoms with Crippen LogP contribution < -0.4 is 4.74 Å². The van der Waals surface area contributed by atoms with Crippen LogP contribution in [0.1, 0.15) is 11.1 Å². The summed E-state index contributed by atoms with van der Waals surface area (Å²) >= 11 is 3.41.